The molecule has 0 aromatic rings. The maximum Gasteiger partial charge on any atom is 0.310 e. The van der Waals surface area contributed by atoms with Crippen molar-refractivity contribution in [1.82, 2.24) is 0 Å². The van der Waals surface area contributed by atoms with Gasteiger partial charge in [0.1, 0.15) is 13.2 Å². The van der Waals surface area contributed by atoms with E-state index in [9.17, 15) is 14.4 Å². The van der Waals surface area contributed by atoms with E-state index < -0.39 is 12.1 Å². The Bertz CT molecular complexity index is 1410. The fourth-order valence-corrected chi connectivity index (χ4v) is 10.4. The fraction of sp³-hybridized carbons (Fsp3) is 0.822. The van der Waals surface area contributed by atoms with Crippen LogP contribution >= 0.6 is 0 Å². The molecule has 0 N–H and O–H groups in total. The molecule has 0 amide bonds. The van der Waals surface area contributed by atoms with E-state index in [1.54, 1.807) is 6.08 Å². The van der Waals surface area contributed by atoms with E-state index in [1.165, 1.54) is 257 Å². The molecule has 0 aliphatic carbocycles. The van der Waals surface area contributed by atoms with E-state index in [1.807, 2.05) is 6.08 Å². The highest BCUT2D eigenvalue weighted by Crippen LogP contribution is 2.19. The number of ether oxygens (including phenoxy) is 3. The third kappa shape index (κ3) is 65.8. The number of allylic oxidation sites excluding steroid dienone is 9. The van der Waals surface area contributed by atoms with Gasteiger partial charge in [-0.3, -0.25) is 14.4 Å². The first kappa shape index (κ1) is 76.1. The van der Waals surface area contributed by atoms with Gasteiger partial charge in [0, 0.05) is 12.8 Å². The van der Waals surface area contributed by atoms with Crippen LogP contribution in [0.15, 0.2) is 60.8 Å². The Labute approximate surface area is 491 Å². The lowest BCUT2D eigenvalue weighted by atomic mass is 10.0. The minimum absolute atomic E-state index is 0.102. The largest absolute Gasteiger partial charge is 0.462 e. The van der Waals surface area contributed by atoms with Crippen molar-refractivity contribution in [2.45, 2.75) is 374 Å². The van der Waals surface area contributed by atoms with Crippen molar-refractivity contribution in [3.63, 3.8) is 0 Å². The second kappa shape index (κ2) is 67.6. The molecule has 0 aromatic heterocycles. The Morgan fingerprint density at radius 2 is 0.481 bits per heavy atom. The van der Waals surface area contributed by atoms with Crippen molar-refractivity contribution in [2.24, 2.45) is 0 Å². The van der Waals surface area contributed by atoms with Gasteiger partial charge in [-0.05, 0) is 44.9 Å². The second-order valence-corrected chi connectivity index (χ2v) is 23.4. The molecule has 6 nitrogen and oxygen atoms in total. The van der Waals surface area contributed by atoms with Crippen LogP contribution in [-0.4, -0.2) is 37.2 Å². The summed E-state index contributed by atoms with van der Waals surface area (Å²) < 4.78 is 16.8. The summed E-state index contributed by atoms with van der Waals surface area (Å²) in [7, 11) is 0. The van der Waals surface area contributed by atoms with Crippen molar-refractivity contribution in [2.75, 3.05) is 13.2 Å². The molecule has 79 heavy (non-hydrogen) atoms. The lowest BCUT2D eigenvalue weighted by Gasteiger charge is -2.18. The van der Waals surface area contributed by atoms with Gasteiger partial charge in [0.25, 0.3) is 0 Å². The third-order valence-corrected chi connectivity index (χ3v) is 15.6. The van der Waals surface area contributed by atoms with Crippen molar-refractivity contribution >= 4 is 17.9 Å². The molecule has 1 atom stereocenters. The number of rotatable bonds is 64. The summed E-state index contributed by atoms with van der Waals surface area (Å²) in [5.74, 6) is -1.02. The highest BCUT2D eigenvalue weighted by atomic mass is 16.6. The molecule has 0 saturated heterocycles. The molecule has 0 rings (SSSR count). The quantitative estimate of drug-likeness (QED) is 0.0261. The minimum Gasteiger partial charge on any atom is -0.462 e. The topological polar surface area (TPSA) is 78.9 Å². The lowest BCUT2D eigenvalue weighted by molar-refractivity contribution is -0.166. The van der Waals surface area contributed by atoms with Crippen LogP contribution in [0.5, 0.6) is 0 Å². The molecule has 0 radical (unpaired) electrons. The van der Waals surface area contributed by atoms with Crippen LogP contribution in [0, 0.1) is 0 Å². The summed E-state index contributed by atoms with van der Waals surface area (Å²) >= 11 is 0. The Morgan fingerprint density at radius 3 is 0.722 bits per heavy atom. The van der Waals surface area contributed by atoms with Crippen molar-refractivity contribution < 1.29 is 28.6 Å². The molecule has 0 bridgehead atoms. The summed E-state index contributed by atoms with van der Waals surface area (Å²) in [6.07, 6.45) is 87.3. The molecular weight excluding hydrogens is 973 g/mol. The number of unbranched alkanes of at least 4 members (excludes halogenated alkanes) is 44. The molecule has 6 heteroatoms. The summed E-state index contributed by atoms with van der Waals surface area (Å²) in [4.78, 5) is 38.2. The van der Waals surface area contributed by atoms with Crippen LogP contribution in [0.2, 0.25) is 0 Å². The molecule has 1 unspecified atom stereocenters. The Balaban J connectivity index is 4.13. The number of carbonyl (C=O) groups is 3. The third-order valence-electron chi connectivity index (χ3n) is 15.6. The average Bonchev–Trinajstić information content (AvgIpc) is 3.45. The summed E-state index contributed by atoms with van der Waals surface area (Å²) in [5.41, 5.74) is 0. The van der Waals surface area contributed by atoms with Crippen LogP contribution in [0.4, 0.5) is 0 Å². The van der Waals surface area contributed by atoms with E-state index in [2.05, 4.69) is 69.4 Å². The molecular formula is C73H132O6. The number of hydrogen-bond donors (Lipinski definition) is 0. The van der Waals surface area contributed by atoms with Gasteiger partial charge in [0.2, 0.25) is 0 Å². The maximum atomic E-state index is 12.8. The molecule has 0 aromatic carbocycles. The van der Waals surface area contributed by atoms with Crippen LogP contribution < -0.4 is 0 Å². The molecule has 0 spiro atoms. The second-order valence-electron chi connectivity index (χ2n) is 23.4. The van der Waals surface area contributed by atoms with Crippen LogP contribution in [0.1, 0.15) is 367 Å². The van der Waals surface area contributed by atoms with Gasteiger partial charge >= 0.3 is 17.9 Å². The predicted octanol–water partition coefficient (Wildman–Crippen LogP) is 23.9. The van der Waals surface area contributed by atoms with Gasteiger partial charge in [0.15, 0.2) is 6.10 Å². The molecule has 0 aliphatic rings. The Hall–Kier alpha value is -2.89. The number of esters is 3. The first-order valence-electron chi connectivity index (χ1n) is 34.8. The maximum absolute atomic E-state index is 12.8. The predicted molar refractivity (Wildman–Crippen MR) is 344 cm³/mol. The van der Waals surface area contributed by atoms with Crippen LogP contribution in [-0.2, 0) is 28.6 Å². The van der Waals surface area contributed by atoms with Crippen molar-refractivity contribution in [3.8, 4) is 0 Å². The molecule has 0 saturated carbocycles. The number of carbonyl (C=O) groups excluding carboxylic acids is 3. The van der Waals surface area contributed by atoms with Gasteiger partial charge in [-0.1, -0.05) is 364 Å². The first-order chi connectivity index (χ1) is 39.0. The highest BCUT2D eigenvalue weighted by molar-refractivity contribution is 5.72. The van der Waals surface area contributed by atoms with Gasteiger partial charge in [-0.15, -0.1) is 0 Å². The average molecular weight is 1110 g/mol. The van der Waals surface area contributed by atoms with Gasteiger partial charge in [-0.25, -0.2) is 0 Å². The highest BCUT2D eigenvalue weighted by Gasteiger charge is 2.19. The van der Waals surface area contributed by atoms with Gasteiger partial charge < -0.3 is 14.2 Å². The summed E-state index contributed by atoms with van der Waals surface area (Å²) in [5, 5.41) is 0. The van der Waals surface area contributed by atoms with Crippen LogP contribution in [0.3, 0.4) is 0 Å². The van der Waals surface area contributed by atoms with E-state index in [-0.39, 0.29) is 31.6 Å². The molecule has 0 fully saturated rings. The standard InChI is InChI=1S/C73H132O6/c1-4-7-10-13-16-19-22-25-27-28-29-30-31-32-33-34-35-36-37-38-39-40-41-42-43-44-46-48-51-54-57-60-63-66-72(75)78-69-70(68-77-71(74)65-62-59-56-53-50-47-24-21-18-15-12-9-6-3)79-73(76)67-64-61-58-55-52-49-45-26-23-20-17-14-11-8-5-2/h8,11,17,20,26,45,52,55,61,64,70H,4-7,9-10,12-16,18-19,21-25,27-44,46-51,53-54,56-60,62-63,65-69H2,1-3H3/b11-8-,20-17-,45-26-,55-52-,64-61-. The van der Waals surface area contributed by atoms with Crippen LogP contribution in [0.25, 0.3) is 0 Å². The monoisotopic (exact) mass is 1110 g/mol. The van der Waals surface area contributed by atoms with Crippen molar-refractivity contribution in [3.05, 3.63) is 60.8 Å². The summed E-state index contributed by atoms with van der Waals surface area (Å²) in [6, 6.07) is 0. The molecule has 460 valence electrons. The smallest absolute Gasteiger partial charge is 0.310 e. The minimum atomic E-state index is -0.826. The zero-order valence-corrected chi connectivity index (χ0v) is 52.9. The zero-order valence-electron chi connectivity index (χ0n) is 52.9. The van der Waals surface area contributed by atoms with E-state index in [0.29, 0.717) is 12.8 Å². The SMILES string of the molecule is CC/C=C\C/C=C\C/C=C\C/C=C\C/C=C\CC(=O)OC(COC(=O)CCCCCCCCCCCCCCC)COC(=O)CCCCCCCCCCCCCCCCCCCCCCCCCCCCCCCCCCC. The van der Waals surface area contributed by atoms with Gasteiger partial charge in [-0.2, -0.15) is 0 Å². The zero-order chi connectivity index (χ0) is 57.1. The normalized spacial score (nSPS) is 12.4. The van der Waals surface area contributed by atoms with Crippen molar-refractivity contribution in [1.29, 1.82) is 0 Å². The molecule has 0 heterocycles. The van der Waals surface area contributed by atoms with E-state index in [0.717, 1.165) is 70.6 Å². The first-order valence-corrected chi connectivity index (χ1v) is 34.8. The van der Waals surface area contributed by atoms with Gasteiger partial charge in [0.05, 0.1) is 6.42 Å². The Kier molecular flexibility index (Phi) is 65.1. The summed E-state index contributed by atoms with van der Waals surface area (Å²) in [6.45, 7) is 6.50. The fourth-order valence-electron chi connectivity index (χ4n) is 10.4. The number of hydrogen-bond acceptors (Lipinski definition) is 6. The van der Waals surface area contributed by atoms with E-state index >= 15 is 0 Å². The molecule has 0 aliphatic heterocycles. The lowest BCUT2D eigenvalue weighted by Crippen LogP contribution is -2.30. The van der Waals surface area contributed by atoms with E-state index in [4.69, 9.17) is 14.2 Å². The Morgan fingerprint density at radius 1 is 0.266 bits per heavy atom.